The van der Waals surface area contributed by atoms with E-state index in [-0.39, 0.29) is 11.9 Å². The number of likely N-dealkylation sites (N-methyl/N-ethyl adjacent to an activating group) is 1. The molecule has 1 heterocycles. The van der Waals surface area contributed by atoms with Gasteiger partial charge in [-0.1, -0.05) is 24.3 Å². The molecule has 178 valence electrons. The largest absolute Gasteiger partial charge is 0.497 e. The Labute approximate surface area is 197 Å². The van der Waals surface area contributed by atoms with Crippen LogP contribution >= 0.6 is 0 Å². The van der Waals surface area contributed by atoms with Gasteiger partial charge in [0.1, 0.15) is 5.75 Å². The van der Waals surface area contributed by atoms with E-state index in [0.29, 0.717) is 45.6 Å². The van der Waals surface area contributed by atoms with Crippen molar-refractivity contribution in [2.24, 2.45) is 0 Å². The van der Waals surface area contributed by atoms with Crippen LogP contribution in [0.4, 0.5) is 10.5 Å². The number of nitrogens with zero attached hydrogens (tertiary/aromatic N) is 3. The van der Waals surface area contributed by atoms with Crippen molar-refractivity contribution in [3.8, 4) is 5.75 Å². The molecule has 0 radical (unpaired) electrons. The van der Waals surface area contributed by atoms with Crippen molar-refractivity contribution in [3.05, 3.63) is 59.7 Å². The molecule has 0 aromatic heterocycles. The number of urea groups is 1. The van der Waals surface area contributed by atoms with Gasteiger partial charge in [0.05, 0.1) is 7.11 Å². The van der Waals surface area contributed by atoms with E-state index in [1.54, 1.807) is 12.0 Å². The molecule has 3 rings (SSSR count). The molecule has 2 aromatic carbocycles. The lowest BCUT2D eigenvalue weighted by Gasteiger charge is -2.35. The molecule has 1 aliphatic heterocycles. The van der Waals surface area contributed by atoms with Gasteiger partial charge in [-0.25, -0.2) is 4.79 Å². The van der Waals surface area contributed by atoms with Crippen LogP contribution in [0, 0.1) is 6.92 Å². The Bertz CT molecular complexity index is 908. The normalized spacial score (nSPS) is 13.5. The van der Waals surface area contributed by atoms with Crippen molar-refractivity contribution in [1.29, 1.82) is 0 Å². The molecule has 0 atom stereocenters. The zero-order valence-corrected chi connectivity index (χ0v) is 20.0. The van der Waals surface area contributed by atoms with Gasteiger partial charge in [-0.05, 0) is 55.7 Å². The first-order valence-corrected chi connectivity index (χ1v) is 11.7. The van der Waals surface area contributed by atoms with Crippen LogP contribution in [-0.2, 0) is 11.2 Å². The Morgan fingerprint density at radius 2 is 1.73 bits per heavy atom. The summed E-state index contributed by atoms with van der Waals surface area (Å²) in [5.41, 5.74) is 3.52. The fourth-order valence-corrected chi connectivity index (χ4v) is 4.06. The molecule has 33 heavy (non-hydrogen) atoms. The van der Waals surface area contributed by atoms with Crippen molar-refractivity contribution in [1.82, 2.24) is 15.1 Å². The Hall–Kier alpha value is -3.22. The maximum absolute atomic E-state index is 12.6. The number of carbonyl (C=O) groups excluding carboxylic acids is 2. The number of nitrogens with one attached hydrogen (secondary N) is 1. The number of carbonyl (C=O) groups is 2. The predicted molar refractivity (Wildman–Crippen MR) is 132 cm³/mol. The van der Waals surface area contributed by atoms with Crippen molar-refractivity contribution in [2.75, 3.05) is 57.8 Å². The van der Waals surface area contributed by atoms with Crippen LogP contribution in [0.25, 0.3) is 0 Å². The number of piperazine rings is 1. The molecule has 1 saturated heterocycles. The Morgan fingerprint density at radius 3 is 2.36 bits per heavy atom. The first-order valence-electron chi connectivity index (χ1n) is 11.7. The van der Waals surface area contributed by atoms with Crippen molar-refractivity contribution >= 4 is 17.6 Å². The number of anilines is 1. The van der Waals surface area contributed by atoms with Crippen LogP contribution in [0.1, 0.15) is 24.5 Å². The van der Waals surface area contributed by atoms with Gasteiger partial charge >= 0.3 is 6.03 Å². The molecule has 0 aliphatic carbocycles. The Morgan fingerprint density at radius 1 is 1.03 bits per heavy atom. The zero-order valence-electron chi connectivity index (χ0n) is 20.0. The standard InChI is InChI=1S/C26H36N4O3/c1-4-28(23-7-5-6-21(2)20-23)15-14-27-26(32)30-18-16-29(17-19-30)25(31)13-10-22-8-11-24(33-3)12-9-22/h5-9,11-12,20H,4,10,13-19H2,1-3H3,(H,27,32). The molecule has 1 fully saturated rings. The lowest BCUT2D eigenvalue weighted by atomic mass is 10.1. The third-order valence-corrected chi connectivity index (χ3v) is 6.11. The topological polar surface area (TPSA) is 65.1 Å². The minimum Gasteiger partial charge on any atom is -0.497 e. The van der Waals surface area contributed by atoms with Crippen LogP contribution in [-0.4, -0.2) is 74.7 Å². The zero-order chi connectivity index (χ0) is 23.6. The highest BCUT2D eigenvalue weighted by Crippen LogP contribution is 2.15. The van der Waals surface area contributed by atoms with Gasteiger partial charge < -0.3 is 24.8 Å². The number of methoxy groups -OCH3 is 1. The summed E-state index contributed by atoms with van der Waals surface area (Å²) in [6.07, 6.45) is 1.18. The first kappa shape index (κ1) is 24.4. The van der Waals surface area contributed by atoms with Gasteiger partial charge in [0.15, 0.2) is 0 Å². The number of amides is 3. The fourth-order valence-electron chi connectivity index (χ4n) is 4.06. The van der Waals surface area contributed by atoms with E-state index in [9.17, 15) is 9.59 Å². The van der Waals surface area contributed by atoms with Gasteiger partial charge in [-0.2, -0.15) is 0 Å². The lowest BCUT2D eigenvalue weighted by molar-refractivity contribution is -0.132. The number of hydrogen-bond acceptors (Lipinski definition) is 4. The van der Waals surface area contributed by atoms with Crippen molar-refractivity contribution in [3.63, 3.8) is 0 Å². The second kappa shape index (κ2) is 12.1. The summed E-state index contributed by atoms with van der Waals surface area (Å²) in [4.78, 5) is 31.1. The van der Waals surface area contributed by atoms with E-state index < -0.39 is 0 Å². The molecular formula is C26H36N4O3. The van der Waals surface area contributed by atoms with E-state index in [1.807, 2.05) is 29.2 Å². The lowest BCUT2D eigenvalue weighted by Crippen LogP contribution is -2.53. The molecule has 0 spiro atoms. The monoisotopic (exact) mass is 452 g/mol. The number of ether oxygens (including phenoxy) is 1. The van der Waals surface area contributed by atoms with E-state index in [0.717, 1.165) is 24.4 Å². The second-order valence-electron chi connectivity index (χ2n) is 8.37. The minimum absolute atomic E-state index is 0.0550. The summed E-state index contributed by atoms with van der Waals surface area (Å²) in [6, 6.07) is 16.2. The smallest absolute Gasteiger partial charge is 0.317 e. The molecule has 0 bridgehead atoms. The summed E-state index contributed by atoms with van der Waals surface area (Å²) in [5, 5.41) is 3.03. The molecule has 7 heteroatoms. The summed E-state index contributed by atoms with van der Waals surface area (Å²) in [5.74, 6) is 0.958. The first-order chi connectivity index (χ1) is 16.0. The van der Waals surface area contributed by atoms with Crippen LogP contribution in [0.3, 0.4) is 0 Å². The second-order valence-corrected chi connectivity index (χ2v) is 8.37. The summed E-state index contributed by atoms with van der Waals surface area (Å²) < 4.78 is 5.17. The summed E-state index contributed by atoms with van der Waals surface area (Å²) in [7, 11) is 1.64. The predicted octanol–water partition coefficient (Wildman–Crippen LogP) is 3.32. The van der Waals surface area contributed by atoms with E-state index in [4.69, 9.17) is 4.74 Å². The number of rotatable bonds is 9. The highest BCUT2D eigenvalue weighted by molar-refractivity contribution is 5.78. The van der Waals surface area contributed by atoms with E-state index >= 15 is 0 Å². The third kappa shape index (κ3) is 7.14. The van der Waals surface area contributed by atoms with Crippen LogP contribution in [0.15, 0.2) is 48.5 Å². The number of aryl methyl sites for hydroxylation is 2. The minimum atomic E-state index is -0.0550. The highest BCUT2D eigenvalue weighted by Gasteiger charge is 2.23. The molecule has 1 aliphatic rings. The summed E-state index contributed by atoms with van der Waals surface area (Å²) in [6.45, 7) is 8.73. The fraction of sp³-hybridized carbons (Fsp3) is 0.462. The Kier molecular flexibility index (Phi) is 8.98. The number of benzene rings is 2. The van der Waals surface area contributed by atoms with Crippen LogP contribution in [0.2, 0.25) is 0 Å². The van der Waals surface area contributed by atoms with Crippen LogP contribution in [0.5, 0.6) is 5.75 Å². The van der Waals surface area contributed by atoms with Crippen molar-refractivity contribution < 1.29 is 14.3 Å². The van der Waals surface area contributed by atoms with E-state index in [1.165, 1.54) is 11.3 Å². The quantitative estimate of drug-likeness (QED) is 0.634. The highest BCUT2D eigenvalue weighted by atomic mass is 16.5. The van der Waals surface area contributed by atoms with Crippen LogP contribution < -0.4 is 15.0 Å². The molecule has 1 N–H and O–H groups in total. The maximum atomic E-state index is 12.6. The molecule has 0 saturated carbocycles. The van der Waals surface area contributed by atoms with Crippen molar-refractivity contribution in [2.45, 2.75) is 26.7 Å². The molecule has 0 unspecified atom stereocenters. The van der Waals surface area contributed by atoms with Gasteiger partial charge in [-0.3, -0.25) is 4.79 Å². The Balaban J connectivity index is 1.37. The third-order valence-electron chi connectivity index (χ3n) is 6.11. The number of hydrogen-bond donors (Lipinski definition) is 1. The SMILES string of the molecule is CCN(CCNC(=O)N1CCN(C(=O)CCc2ccc(OC)cc2)CC1)c1cccc(C)c1. The average molecular weight is 453 g/mol. The molecule has 2 aromatic rings. The summed E-state index contributed by atoms with van der Waals surface area (Å²) >= 11 is 0. The molecular weight excluding hydrogens is 416 g/mol. The average Bonchev–Trinajstić information content (AvgIpc) is 2.85. The van der Waals surface area contributed by atoms with Gasteiger partial charge in [0, 0.05) is 57.9 Å². The van der Waals surface area contributed by atoms with E-state index in [2.05, 4.69) is 48.3 Å². The van der Waals surface area contributed by atoms with Gasteiger partial charge in [-0.15, -0.1) is 0 Å². The van der Waals surface area contributed by atoms with Gasteiger partial charge in [0.2, 0.25) is 5.91 Å². The maximum Gasteiger partial charge on any atom is 0.317 e. The van der Waals surface area contributed by atoms with Gasteiger partial charge in [0.25, 0.3) is 0 Å². The molecule has 3 amide bonds. The molecule has 7 nitrogen and oxygen atoms in total.